The second kappa shape index (κ2) is 2.10. The summed E-state index contributed by atoms with van der Waals surface area (Å²) in [5.74, 6) is 0.809. The maximum Gasteiger partial charge on any atom is 0.402 e. The van der Waals surface area contributed by atoms with Crippen LogP contribution in [0, 0.1) is 6.92 Å². The summed E-state index contributed by atoms with van der Waals surface area (Å²) in [6.07, 6.45) is 0. The van der Waals surface area contributed by atoms with Crippen molar-refractivity contribution >= 4 is 14.0 Å². The quantitative estimate of drug-likeness (QED) is 0.534. The van der Waals surface area contributed by atoms with Crippen LogP contribution in [-0.4, -0.2) is 0 Å². The first-order valence-corrected chi connectivity index (χ1v) is 3.18. The van der Waals surface area contributed by atoms with Crippen molar-refractivity contribution in [1.82, 2.24) is 0 Å². The van der Waals surface area contributed by atoms with Crippen molar-refractivity contribution in [1.29, 1.82) is 0 Å². The van der Waals surface area contributed by atoms with Crippen LogP contribution in [-0.2, 0) is 4.57 Å². The van der Waals surface area contributed by atoms with E-state index in [1.165, 1.54) is 0 Å². The molecule has 1 unspecified atom stereocenters. The molecule has 0 bridgehead atoms. The van der Waals surface area contributed by atoms with Crippen molar-refractivity contribution in [3.8, 4) is 0 Å². The number of hydrogen-bond donors (Lipinski definition) is 0. The van der Waals surface area contributed by atoms with Gasteiger partial charge in [0.05, 0.1) is 0 Å². The summed E-state index contributed by atoms with van der Waals surface area (Å²) in [5.41, 5.74) is 0.544. The Morgan fingerprint density at radius 1 is 1.62 bits per heavy atom. The predicted octanol–water partition coefficient (Wildman–Crippen LogP) is 1.24. The lowest BCUT2D eigenvalue weighted by Gasteiger charge is -1.70. The minimum absolute atomic E-state index is 0.466. The Kier molecular flexibility index (Phi) is 1.45. The standard InChI is InChI=1S/C5H5O2P/c1-4-2-3-5(7-4)8-6/h2-3H,1H3/p+1. The van der Waals surface area contributed by atoms with Gasteiger partial charge in [-0.05, 0) is 13.0 Å². The van der Waals surface area contributed by atoms with Gasteiger partial charge in [0.2, 0.25) is 0 Å². The first kappa shape index (κ1) is 5.52. The van der Waals surface area contributed by atoms with E-state index >= 15 is 0 Å². The number of hydrogen-bond acceptors (Lipinski definition) is 2. The van der Waals surface area contributed by atoms with Crippen LogP contribution in [0.1, 0.15) is 5.76 Å². The van der Waals surface area contributed by atoms with Crippen LogP contribution < -0.4 is 5.50 Å². The van der Waals surface area contributed by atoms with Crippen LogP contribution in [0.2, 0.25) is 0 Å². The lowest BCUT2D eigenvalue weighted by molar-refractivity contribution is 0.554. The molecule has 0 spiro atoms. The van der Waals surface area contributed by atoms with Gasteiger partial charge < -0.3 is 4.42 Å². The molecular weight excluding hydrogens is 123 g/mol. The fourth-order valence-corrected chi connectivity index (χ4v) is 0.843. The van der Waals surface area contributed by atoms with E-state index in [1.807, 2.05) is 6.92 Å². The van der Waals surface area contributed by atoms with E-state index in [4.69, 9.17) is 4.42 Å². The van der Waals surface area contributed by atoms with E-state index in [9.17, 15) is 4.57 Å². The molecular formula is C5H6O2P+. The molecule has 0 N–H and O–H groups in total. The third-order valence-electron chi connectivity index (χ3n) is 0.841. The van der Waals surface area contributed by atoms with Gasteiger partial charge in [0.15, 0.2) is 0 Å². The molecule has 2 nitrogen and oxygen atoms in total. The van der Waals surface area contributed by atoms with Crippen molar-refractivity contribution in [3.05, 3.63) is 17.9 Å². The molecule has 0 aliphatic rings. The van der Waals surface area contributed by atoms with Crippen LogP contribution >= 0.6 is 8.46 Å². The average molecular weight is 129 g/mol. The summed E-state index contributed by atoms with van der Waals surface area (Å²) in [6.45, 7) is 1.82. The Bertz CT molecular complexity index is 192. The lowest BCUT2D eigenvalue weighted by atomic mass is 10.5. The van der Waals surface area contributed by atoms with E-state index in [-0.39, 0.29) is 0 Å². The third kappa shape index (κ3) is 0.958. The van der Waals surface area contributed by atoms with E-state index in [0.29, 0.717) is 5.50 Å². The molecule has 0 amide bonds. The van der Waals surface area contributed by atoms with Crippen molar-refractivity contribution in [3.63, 3.8) is 0 Å². The van der Waals surface area contributed by atoms with E-state index in [0.717, 1.165) is 5.76 Å². The van der Waals surface area contributed by atoms with Gasteiger partial charge in [0, 0.05) is 6.07 Å². The van der Waals surface area contributed by atoms with Gasteiger partial charge in [0.1, 0.15) is 5.76 Å². The molecule has 1 rings (SSSR count). The second-order valence-corrected chi connectivity index (χ2v) is 2.21. The molecule has 0 saturated heterocycles. The first-order valence-electron chi connectivity index (χ1n) is 2.27. The molecule has 42 valence electrons. The molecule has 1 aromatic heterocycles. The van der Waals surface area contributed by atoms with Gasteiger partial charge in [-0.15, -0.1) is 0 Å². The molecule has 0 saturated carbocycles. The molecule has 0 aliphatic carbocycles. The highest BCUT2D eigenvalue weighted by molar-refractivity contribution is 7.33. The van der Waals surface area contributed by atoms with Gasteiger partial charge in [-0.25, -0.2) is 0 Å². The summed E-state index contributed by atoms with van der Waals surface area (Å²) in [5, 5.41) is 0. The molecule has 0 aliphatic heterocycles. The molecule has 0 aromatic carbocycles. The number of furan rings is 1. The maximum absolute atomic E-state index is 10.1. The third-order valence-corrected chi connectivity index (χ3v) is 1.31. The summed E-state index contributed by atoms with van der Waals surface area (Å²) in [4.78, 5) is 0. The summed E-state index contributed by atoms with van der Waals surface area (Å²) in [7, 11) is -0.466. The minimum Gasteiger partial charge on any atom is -0.424 e. The molecule has 3 heteroatoms. The zero-order valence-electron chi connectivity index (χ0n) is 4.47. The number of rotatable bonds is 1. The highest BCUT2D eigenvalue weighted by atomic mass is 31.1. The average Bonchev–Trinajstić information content (AvgIpc) is 2.14. The zero-order chi connectivity index (χ0) is 5.98. The Morgan fingerprint density at radius 2 is 2.38 bits per heavy atom. The topological polar surface area (TPSA) is 30.2 Å². The van der Waals surface area contributed by atoms with Crippen molar-refractivity contribution in [2.24, 2.45) is 0 Å². The Labute approximate surface area is 48.7 Å². The summed E-state index contributed by atoms with van der Waals surface area (Å²) >= 11 is 0. The van der Waals surface area contributed by atoms with Crippen molar-refractivity contribution < 1.29 is 8.98 Å². The number of aryl methyl sites for hydroxylation is 1. The fourth-order valence-electron chi connectivity index (χ4n) is 0.489. The van der Waals surface area contributed by atoms with E-state index < -0.39 is 8.46 Å². The van der Waals surface area contributed by atoms with E-state index in [2.05, 4.69) is 0 Å². The Morgan fingerprint density at radius 3 is 2.62 bits per heavy atom. The summed E-state index contributed by atoms with van der Waals surface area (Å²) in [6, 6.07) is 3.50. The Hall–Kier alpha value is -0.620. The van der Waals surface area contributed by atoms with Crippen LogP contribution in [0.15, 0.2) is 16.5 Å². The second-order valence-electron chi connectivity index (χ2n) is 1.51. The van der Waals surface area contributed by atoms with E-state index in [1.54, 1.807) is 12.1 Å². The lowest BCUT2D eigenvalue weighted by Crippen LogP contribution is -1.78. The predicted molar refractivity (Wildman–Crippen MR) is 32.1 cm³/mol. The summed E-state index contributed by atoms with van der Waals surface area (Å²) < 4.78 is 15.0. The SMILES string of the molecule is Cc1ccc([PH+]=O)o1. The van der Waals surface area contributed by atoms with Crippen molar-refractivity contribution in [2.75, 3.05) is 0 Å². The van der Waals surface area contributed by atoms with Crippen LogP contribution in [0.25, 0.3) is 0 Å². The van der Waals surface area contributed by atoms with Crippen LogP contribution in [0.4, 0.5) is 0 Å². The largest absolute Gasteiger partial charge is 0.424 e. The molecule has 1 heterocycles. The normalized spacial score (nSPS) is 10.1. The van der Waals surface area contributed by atoms with Crippen LogP contribution in [0.5, 0.6) is 0 Å². The molecule has 0 radical (unpaired) electrons. The maximum atomic E-state index is 10.1. The molecule has 0 fully saturated rings. The first-order chi connectivity index (χ1) is 3.83. The van der Waals surface area contributed by atoms with Gasteiger partial charge in [0.25, 0.3) is 0 Å². The van der Waals surface area contributed by atoms with Gasteiger partial charge in [-0.2, -0.15) is 0 Å². The zero-order valence-corrected chi connectivity index (χ0v) is 5.47. The highest BCUT2D eigenvalue weighted by Crippen LogP contribution is 2.00. The molecule has 1 atom stereocenters. The Balaban J connectivity index is 3.00. The smallest absolute Gasteiger partial charge is 0.402 e. The molecule has 1 aromatic rings. The highest BCUT2D eigenvalue weighted by Gasteiger charge is 2.01. The fraction of sp³-hybridized carbons (Fsp3) is 0.200. The van der Waals surface area contributed by atoms with Crippen molar-refractivity contribution in [2.45, 2.75) is 6.92 Å². The van der Waals surface area contributed by atoms with Gasteiger partial charge in [-0.1, -0.05) is 4.57 Å². The monoisotopic (exact) mass is 129 g/mol. The molecule has 8 heavy (non-hydrogen) atoms. The minimum atomic E-state index is -0.466. The van der Waals surface area contributed by atoms with Crippen LogP contribution in [0.3, 0.4) is 0 Å². The van der Waals surface area contributed by atoms with Gasteiger partial charge in [-0.3, -0.25) is 0 Å². The van der Waals surface area contributed by atoms with Gasteiger partial charge >= 0.3 is 14.0 Å².